The molecule has 1 aromatic heterocycles. The minimum absolute atomic E-state index is 0.0307. The third-order valence-electron chi connectivity index (χ3n) is 6.20. The van der Waals surface area contributed by atoms with Gasteiger partial charge in [0.25, 0.3) is 0 Å². The molecule has 1 unspecified atom stereocenters. The van der Waals surface area contributed by atoms with Crippen LogP contribution in [0.4, 0.5) is 5.82 Å². The van der Waals surface area contributed by atoms with Crippen LogP contribution in [-0.2, 0) is 20.9 Å². The number of carbonyl (C=O) groups is 2. The zero-order valence-corrected chi connectivity index (χ0v) is 18.8. The number of aromatic nitrogens is 1. The number of pyridine rings is 1. The lowest BCUT2D eigenvalue weighted by Crippen LogP contribution is -2.49. The first-order valence-corrected chi connectivity index (χ1v) is 11.3. The number of amides is 2. The molecule has 3 aliphatic rings. The largest absolute Gasteiger partial charge is 0.378 e. The molecule has 1 N–H and O–H groups in total. The van der Waals surface area contributed by atoms with Crippen molar-refractivity contribution >= 4 is 23.7 Å². The fourth-order valence-corrected chi connectivity index (χ4v) is 4.38. The smallest absolute Gasteiger partial charge is 0.246 e. The van der Waals surface area contributed by atoms with Crippen molar-refractivity contribution in [2.45, 2.75) is 25.4 Å². The summed E-state index contributed by atoms with van der Waals surface area (Å²) < 4.78 is 5.46. The molecular formula is C26H30N4O3. The number of hydrogen-bond acceptors (Lipinski definition) is 5. The summed E-state index contributed by atoms with van der Waals surface area (Å²) in [5, 5.41) is 2.90. The summed E-state index contributed by atoms with van der Waals surface area (Å²) >= 11 is 0. The Morgan fingerprint density at radius 2 is 2.18 bits per heavy atom. The van der Waals surface area contributed by atoms with Gasteiger partial charge in [-0.3, -0.25) is 14.5 Å². The van der Waals surface area contributed by atoms with Gasteiger partial charge in [0, 0.05) is 44.0 Å². The number of morpholine rings is 1. The number of nitrogens with one attached hydrogen (secondary N) is 1. The Morgan fingerprint density at radius 3 is 3.00 bits per heavy atom. The number of rotatable bonds is 5. The van der Waals surface area contributed by atoms with E-state index in [9.17, 15) is 9.59 Å². The van der Waals surface area contributed by atoms with Crippen LogP contribution < -0.4 is 5.32 Å². The first-order valence-electron chi connectivity index (χ1n) is 11.3. The molecule has 1 fully saturated rings. The SMILES string of the molecule is C=C/C=C(\C=C)C1=CCN(C(=O)/C=C/c2cnc3c(c2)CN2CCOCC2C(=O)N3)CCC1. The fraction of sp³-hybridized carbons (Fsp3) is 0.346. The standard InChI is InChI=1S/C26H30N4O3/c1-3-6-20(4-2)21-7-5-11-29(12-10-21)24(31)9-8-19-15-22-17-30-13-14-33-18-23(30)26(32)28-25(22)27-16-19/h3-4,6,8-10,15-16,23H,1-2,5,7,11-14,17-18H2,(H,27,28,32)/b9-8+,20-6+. The minimum Gasteiger partial charge on any atom is -0.378 e. The maximum Gasteiger partial charge on any atom is 0.246 e. The van der Waals surface area contributed by atoms with Crippen LogP contribution in [0.15, 0.2) is 66.9 Å². The van der Waals surface area contributed by atoms with Crippen LogP contribution in [0.2, 0.25) is 0 Å². The predicted octanol–water partition coefficient (Wildman–Crippen LogP) is 3.09. The number of nitrogens with zero attached hydrogens (tertiary/aromatic N) is 3. The average molecular weight is 447 g/mol. The van der Waals surface area contributed by atoms with Crippen LogP contribution in [0.3, 0.4) is 0 Å². The van der Waals surface area contributed by atoms with Crippen molar-refractivity contribution in [3.8, 4) is 0 Å². The van der Waals surface area contributed by atoms with Crippen LogP contribution in [0.25, 0.3) is 6.08 Å². The highest BCUT2D eigenvalue weighted by molar-refractivity contribution is 5.96. The van der Waals surface area contributed by atoms with Gasteiger partial charge in [0.2, 0.25) is 11.8 Å². The van der Waals surface area contributed by atoms with Gasteiger partial charge in [-0.1, -0.05) is 37.5 Å². The fourth-order valence-electron chi connectivity index (χ4n) is 4.38. The monoisotopic (exact) mass is 446 g/mol. The Labute approximate surface area is 194 Å². The number of carbonyl (C=O) groups excluding carboxylic acids is 2. The zero-order chi connectivity index (χ0) is 23.2. The van der Waals surface area contributed by atoms with E-state index in [4.69, 9.17) is 4.74 Å². The molecule has 172 valence electrons. The summed E-state index contributed by atoms with van der Waals surface area (Å²) in [7, 11) is 0. The van der Waals surface area contributed by atoms with Crippen LogP contribution in [-0.4, -0.2) is 65.5 Å². The van der Waals surface area contributed by atoms with Crippen molar-refractivity contribution in [2.24, 2.45) is 0 Å². The van der Waals surface area contributed by atoms with Gasteiger partial charge in [-0.05, 0) is 41.7 Å². The van der Waals surface area contributed by atoms with Gasteiger partial charge in [-0.15, -0.1) is 0 Å². The number of fused-ring (bicyclic) bond motifs is 2. The molecule has 7 nitrogen and oxygen atoms in total. The van der Waals surface area contributed by atoms with E-state index in [2.05, 4.69) is 34.4 Å². The number of anilines is 1. The van der Waals surface area contributed by atoms with Gasteiger partial charge in [0.15, 0.2) is 0 Å². The van der Waals surface area contributed by atoms with Crippen molar-refractivity contribution < 1.29 is 14.3 Å². The Balaban J connectivity index is 1.45. The van der Waals surface area contributed by atoms with Crippen molar-refractivity contribution in [1.82, 2.24) is 14.8 Å². The van der Waals surface area contributed by atoms with Crippen molar-refractivity contribution in [3.63, 3.8) is 0 Å². The molecule has 1 atom stereocenters. The first kappa shape index (κ1) is 22.9. The summed E-state index contributed by atoms with van der Waals surface area (Å²) in [4.78, 5) is 33.7. The van der Waals surface area contributed by atoms with Crippen molar-refractivity contribution in [2.75, 3.05) is 38.2 Å². The van der Waals surface area contributed by atoms with Crippen LogP contribution in [0.1, 0.15) is 24.0 Å². The van der Waals surface area contributed by atoms with Gasteiger partial charge in [-0.2, -0.15) is 0 Å². The molecule has 0 spiro atoms. The Morgan fingerprint density at radius 1 is 1.30 bits per heavy atom. The van der Waals surface area contributed by atoms with Crippen molar-refractivity contribution in [1.29, 1.82) is 0 Å². The third kappa shape index (κ3) is 5.38. The summed E-state index contributed by atoms with van der Waals surface area (Å²) in [6.07, 6.45) is 14.5. The van der Waals surface area contributed by atoms with Gasteiger partial charge in [-0.25, -0.2) is 4.98 Å². The average Bonchev–Trinajstić information content (AvgIpc) is 3.16. The van der Waals surface area contributed by atoms with Crippen LogP contribution in [0, 0.1) is 0 Å². The quantitative estimate of drug-likeness (QED) is 0.556. The van der Waals surface area contributed by atoms with E-state index in [1.807, 2.05) is 23.1 Å². The Kier molecular flexibility index (Phi) is 7.32. The number of hydrogen-bond donors (Lipinski definition) is 1. The molecule has 0 aromatic carbocycles. The maximum absolute atomic E-state index is 12.8. The highest BCUT2D eigenvalue weighted by Gasteiger charge is 2.33. The second-order valence-electron chi connectivity index (χ2n) is 8.34. The summed E-state index contributed by atoms with van der Waals surface area (Å²) in [5.41, 5.74) is 4.02. The molecule has 0 bridgehead atoms. The molecule has 7 heteroatoms. The van der Waals surface area contributed by atoms with Gasteiger partial charge in [0.05, 0.1) is 13.2 Å². The number of ether oxygens (including phenoxy) is 1. The predicted molar refractivity (Wildman–Crippen MR) is 129 cm³/mol. The lowest BCUT2D eigenvalue weighted by Gasteiger charge is -2.32. The summed E-state index contributed by atoms with van der Waals surface area (Å²) in [5.74, 6) is 0.459. The lowest BCUT2D eigenvalue weighted by molar-refractivity contribution is -0.127. The number of allylic oxidation sites excluding steroid dienone is 5. The molecule has 0 aliphatic carbocycles. The van der Waals surface area contributed by atoms with Gasteiger partial charge in [0.1, 0.15) is 11.9 Å². The lowest BCUT2D eigenvalue weighted by atomic mass is 10.0. The Bertz CT molecular complexity index is 1040. The molecule has 2 amide bonds. The molecule has 3 aliphatic heterocycles. The second-order valence-corrected chi connectivity index (χ2v) is 8.34. The van der Waals surface area contributed by atoms with Gasteiger partial charge < -0.3 is 15.0 Å². The summed E-state index contributed by atoms with van der Waals surface area (Å²) in [6.45, 7) is 11.2. The highest BCUT2D eigenvalue weighted by atomic mass is 16.5. The van der Waals surface area contributed by atoms with E-state index in [1.165, 1.54) is 5.57 Å². The topological polar surface area (TPSA) is 74.8 Å². The molecule has 4 rings (SSSR count). The minimum atomic E-state index is -0.294. The van der Waals surface area contributed by atoms with E-state index < -0.39 is 0 Å². The second kappa shape index (κ2) is 10.6. The Hall–Kier alpha value is -3.29. The first-order chi connectivity index (χ1) is 16.1. The van der Waals surface area contributed by atoms with E-state index in [1.54, 1.807) is 24.4 Å². The highest BCUT2D eigenvalue weighted by Crippen LogP contribution is 2.25. The van der Waals surface area contributed by atoms with E-state index in [-0.39, 0.29) is 17.9 Å². The van der Waals surface area contributed by atoms with Crippen LogP contribution in [0.5, 0.6) is 0 Å². The third-order valence-corrected chi connectivity index (χ3v) is 6.20. The normalized spacial score (nSPS) is 21.9. The molecule has 1 aromatic rings. The van der Waals surface area contributed by atoms with E-state index in [0.29, 0.717) is 45.2 Å². The molecule has 0 saturated carbocycles. The molecule has 33 heavy (non-hydrogen) atoms. The van der Waals surface area contributed by atoms with E-state index >= 15 is 0 Å². The molecular weight excluding hydrogens is 416 g/mol. The van der Waals surface area contributed by atoms with Gasteiger partial charge >= 0.3 is 0 Å². The molecule has 4 heterocycles. The van der Waals surface area contributed by atoms with Crippen LogP contribution >= 0.6 is 0 Å². The van der Waals surface area contributed by atoms with Crippen molar-refractivity contribution in [3.05, 3.63) is 78.1 Å². The molecule has 0 radical (unpaired) electrons. The molecule has 1 saturated heterocycles. The maximum atomic E-state index is 12.8. The zero-order valence-electron chi connectivity index (χ0n) is 18.8. The van der Waals surface area contributed by atoms with E-state index in [0.717, 1.165) is 29.5 Å². The summed E-state index contributed by atoms with van der Waals surface area (Å²) in [6, 6.07) is 1.69.